The molecule has 0 radical (unpaired) electrons. The van der Waals surface area contributed by atoms with Gasteiger partial charge in [0.2, 0.25) is 5.91 Å². The van der Waals surface area contributed by atoms with Gasteiger partial charge in [0.1, 0.15) is 5.78 Å². The fourth-order valence-corrected chi connectivity index (χ4v) is 5.33. The summed E-state index contributed by atoms with van der Waals surface area (Å²) in [5.41, 5.74) is 4.49. The summed E-state index contributed by atoms with van der Waals surface area (Å²) in [5, 5.41) is 3.20. The minimum atomic E-state index is -0.0491. The molecule has 0 aromatic heterocycles. The molecule has 2 aromatic rings. The second-order valence-electron chi connectivity index (χ2n) is 8.43. The Morgan fingerprint density at radius 1 is 0.929 bits per heavy atom. The minimum Gasteiger partial charge on any atom is -0.339 e. The monoisotopic (exact) mass is 374 g/mol. The van der Waals surface area contributed by atoms with Crippen LogP contribution in [0.3, 0.4) is 0 Å². The van der Waals surface area contributed by atoms with Crippen molar-refractivity contribution in [2.45, 2.75) is 38.5 Å². The van der Waals surface area contributed by atoms with E-state index in [-0.39, 0.29) is 23.7 Å². The van der Waals surface area contributed by atoms with Gasteiger partial charge < -0.3 is 10.2 Å². The van der Waals surface area contributed by atoms with Gasteiger partial charge in [-0.25, -0.2) is 0 Å². The number of ketones is 1. The van der Waals surface area contributed by atoms with Crippen molar-refractivity contribution in [2.75, 3.05) is 16.8 Å². The van der Waals surface area contributed by atoms with Crippen LogP contribution in [0, 0.1) is 17.8 Å². The summed E-state index contributed by atoms with van der Waals surface area (Å²) in [7, 11) is 0. The molecule has 2 aliphatic carbocycles. The Balaban J connectivity index is 1.37. The van der Waals surface area contributed by atoms with Gasteiger partial charge in [0.15, 0.2) is 0 Å². The normalized spacial score (nSPS) is 26.1. The summed E-state index contributed by atoms with van der Waals surface area (Å²) >= 11 is 0. The maximum Gasteiger partial charge on any atom is 0.227 e. The molecule has 2 saturated carbocycles. The van der Waals surface area contributed by atoms with E-state index in [4.69, 9.17) is 0 Å². The molecular formula is C24H26N2O2. The van der Waals surface area contributed by atoms with E-state index in [9.17, 15) is 9.59 Å². The number of nitrogens with zero attached hydrogens (tertiary/aromatic N) is 1. The van der Waals surface area contributed by atoms with Crippen LogP contribution in [0.15, 0.2) is 48.5 Å². The number of benzene rings is 2. The van der Waals surface area contributed by atoms with E-state index in [1.807, 2.05) is 18.2 Å². The topological polar surface area (TPSA) is 49.4 Å². The average Bonchev–Trinajstić information content (AvgIpc) is 3.12. The third kappa shape index (κ3) is 3.01. The van der Waals surface area contributed by atoms with E-state index < -0.39 is 0 Å². The van der Waals surface area contributed by atoms with Crippen LogP contribution in [0.2, 0.25) is 0 Å². The Labute approximate surface area is 165 Å². The van der Waals surface area contributed by atoms with Gasteiger partial charge in [-0.1, -0.05) is 36.8 Å². The third-order valence-corrected chi connectivity index (χ3v) is 6.76. The number of hydrogen-bond acceptors (Lipinski definition) is 3. The number of rotatable bonds is 3. The van der Waals surface area contributed by atoms with Crippen LogP contribution in [0.5, 0.6) is 0 Å². The molecule has 28 heavy (non-hydrogen) atoms. The lowest BCUT2D eigenvalue weighted by molar-refractivity contribution is -0.136. The first-order chi connectivity index (χ1) is 13.7. The van der Waals surface area contributed by atoms with Crippen molar-refractivity contribution in [1.82, 2.24) is 0 Å². The SMILES string of the molecule is O=C(Nc1ccccc1N1CCc2ccccc21)C1CC2CCCC(C1)C2=O. The summed E-state index contributed by atoms with van der Waals surface area (Å²) in [6.07, 6.45) is 5.51. The van der Waals surface area contributed by atoms with E-state index >= 15 is 0 Å². The van der Waals surface area contributed by atoms with Crippen LogP contribution in [0.25, 0.3) is 0 Å². The molecule has 2 atom stereocenters. The zero-order valence-electron chi connectivity index (χ0n) is 16.1. The molecule has 1 heterocycles. The number of carbonyl (C=O) groups is 2. The molecule has 1 N–H and O–H groups in total. The molecule has 0 saturated heterocycles. The fraction of sp³-hybridized carbons (Fsp3) is 0.417. The summed E-state index contributed by atoms with van der Waals surface area (Å²) in [5.74, 6) is 0.633. The third-order valence-electron chi connectivity index (χ3n) is 6.76. The van der Waals surface area contributed by atoms with Crippen molar-refractivity contribution in [1.29, 1.82) is 0 Å². The minimum absolute atomic E-state index is 0.0491. The van der Waals surface area contributed by atoms with Gasteiger partial charge in [0, 0.05) is 30.0 Å². The molecule has 5 rings (SSSR count). The van der Waals surface area contributed by atoms with Crippen molar-refractivity contribution >= 4 is 28.8 Å². The first kappa shape index (κ1) is 17.5. The number of para-hydroxylation sites is 3. The van der Waals surface area contributed by atoms with E-state index in [0.717, 1.165) is 56.4 Å². The molecule has 1 aliphatic heterocycles. The average molecular weight is 374 g/mol. The largest absolute Gasteiger partial charge is 0.339 e. The maximum absolute atomic E-state index is 13.1. The Hall–Kier alpha value is -2.62. The molecule has 2 bridgehead atoms. The lowest BCUT2D eigenvalue weighted by Crippen LogP contribution is -2.40. The Morgan fingerprint density at radius 2 is 1.61 bits per heavy atom. The van der Waals surface area contributed by atoms with Crippen LogP contribution < -0.4 is 10.2 Å². The molecule has 2 unspecified atom stereocenters. The molecule has 4 nitrogen and oxygen atoms in total. The van der Waals surface area contributed by atoms with Gasteiger partial charge in [-0.3, -0.25) is 9.59 Å². The van der Waals surface area contributed by atoms with Gasteiger partial charge in [-0.15, -0.1) is 0 Å². The number of carbonyl (C=O) groups excluding carboxylic acids is 2. The highest BCUT2D eigenvalue weighted by atomic mass is 16.2. The summed E-state index contributed by atoms with van der Waals surface area (Å²) in [6, 6.07) is 16.5. The van der Waals surface area contributed by atoms with E-state index in [0.29, 0.717) is 5.78 Å². The zero-order valence-corrected chi connectivity index (χ0v) is 16.1. The highest BCUT2D eigenvalue weighted by Gasteiger charge is 2.41. The summed E-state index contributed by atoms with van der Waals surface area (Å²) < 4.78 is 0. The predicted octanol–water partition coefficient (Wildman–Crippen LogP) is 4.71. The Bertz CT molecular complexity index is 906. The maximum atomic E-state index is 13.1. The summed E-state index contributed by atoms with van der Waals surface area (Å²) in [4.78, 5) is 27.7. The highest BCUT2D eigenvalue weighted by Crippen LogP contribution is 2.42. The van der Waals surface area contributed by atoms with Gasteiger partial charge in [0.05, 0.1) is 11.4 Å². The Morgan fingerprint density at radius 3 is 2.39 bits per heavy atom. The Kier molecular flexibility index (Phi) is 4.42. The first-order valence-corrected chi connectivity index (χ1v) is 10.5. The van der Waals surface area contributed by atoms with E-state index in [2.05, 4.69) is 40.5 Å². The van der Waals surface area contributed by atoms with E-state index in [1.54, 1.807) is 0 Å². The van der Waals surface area contributed by atoms with Gasteiger partial charge in [-0.2, -0.15) is 0 Å². The van der Waals surface area contributed by atoms with Crippen molar-refractivity contribution in [3.05, 3.63) is 54.1 Å². The van der Waals surface area contributed by atoms with Gasteiger partial charge in [0.25, 0.3) is 0 Å². The van der Waals surface area contributed by atoms with Crippen LogP contribution in [0.1, 0.15) is 37.7 Å². The fourth-order valence-electron chi connectivity index (χ4n) is 5.33. The quantitative estimate of drug-likeness (QED) is 0.846. The zero-order chi connectivity index (χ0) is 19.1. The second-order valence-corrected chi connectivity index (χ2v) is 8.43. The van der Waals surface area contributed by atoms with Crippen molar-refractivity contribution in [3.8, 4) is 0 Å². The van der Waals surface area contributed by atoms with Crippen LogP contribution in [-0.2, 0) is 16.0 Å². The molecule has 3 aliphatic rings. The number of nitrogens with one attached hydrogen (secondary N) is 1. The first-order valence-electron chi connectivity index (χ1n) is 10.5. The standard InChI is InChI=1S/C24H26N2O2/c27-23-17-7-5-8-18(23)15-19(14-17)24(28)25-20-9-2-4-11-22(20)26-13-12-16-6-1-3-10-21(16)26/h1-4,6,9-11,17-19H,5,7-8,12-15H2,(H,25,28). The lowest BCUT2D eigenvalue weighted by Gasteiger charge is -2.37. The van der Waals surface area contributed by atoms with E-state index in [1.165, 1.54) is 11.3 Å². The number of anilines is 3. The summed E-state index contributed by atoms with van der Waals surface area (Å²) in [6.45, 7) is 0.925. The molecule has 2 fully saturated rings. The van der Waals surface area contributed by atoms with Crippen LogP contribution in [-0.4, -0.2) is 18.2 Å². The number of fused-ring (bicyclic) bond motifs is 3. The molecule has 2 aromatic carbocycles. The molecule has 4 heteroatoms. The predicted molar refractivity (Wildman–Crippen MR) is 111 cm³/mol. The van der Waals surface area contributed by atoms with Crippen LogP contribution in [0.4, 0.5) is 17.1 Å². The van der Waals surface area contributed by atoms with Crippen LogP contribution >= 0.6 is 0 Å². The smallest absolute Gasteiger partial charge is 0.227 e. The molecule has 1 amide bonds. The molecular weight excluding hydrogens is 348 g/mol. The lowest BCUT2D eigenvalue weighted by atomic mass is 9.67. The van der Waals surface area contributed by atoms with Crippen molar-refractivity contribution in [2.24, 2.45) is 17.8 Å². The number of amides is 1. The molecule has 0 spiro atoms. The second kappa shape index (κ2) is 7.08. The number of hydrogen-bond donors (Lipinski definition) is 1. The highest BCUT2D eigenvalue weighted by molar-refractivity contribution is 5.98. The van der Waals surface area contributed by atoms with Crippen molar-refractivity contribution < 1.29 is 9.59 Å². The molecule has 144 valence electrons. The van der Waals surface area contributed by atoms with Gasteiger partial charge >= 0.3 is 0 Å². The van der Waals surface area contributed by atoms with Gasteiger partial charge in [-0.05, 0) is 55.9 Å². The number of Topliss-reactive ketones (excluding diaryl/α,β-unsaturated/α-hetero) is 1. The van der Waals surface area contributed by atoms with Crippen molar-refractivity contribution in [3.63, 3.8) is 0 Å².